The number of anilines is 2. The highest BCUT2D eigenvalue weighted by molar-refractivity contribution is 7.99. The van der Waals surface area contributed by atoms with Crippen molar-refractivity contribution in [3.05, 3.63) is 16.4 Å². The number of nitrogens with one attached hydrogen (secondary N) is 2. The number of hydrogen-bond donors (Lipinski definition) is 3. The SMILES string of the molecule is CCSCCC(C)Nc1ncnc(NN)c1[N+](=O)[O-]. The average Bonchev–Trinajstić information content (AvgIpc) is 2.38. The van der Waals surface area contributed by atoms with Gasteiger partial charge in [-0.15, -0.1) is 0 Å². The summed E-state index contributed by atoms with van der Waals surface area (Å²) in [5.41, 5.74) is 1.97. The molecule has 8 nitrogen and oxygen atoms in total. The summed E-state index contributed by atoms with van der Waals surface area (Å²) in [6.07, 6.45) is 2.13. The number of nitrogen functional groups attached to an aromatic ring is 1. The van der Waals surface area contributed by atoms with Gasteiger partial charge >= 0.3 is 5.69 Å². The molecule has 0 aliphatic carbocycles. The fourth-order valence-electron chi connectivity index (χ4n) is 1.47. The van der Waals surface area contributed by atoms with Crippen LogP contribution in [0.5, 0.6) is 0 Å². The van der Waals surface area contributed by atoms with Crippen LogP contribution in [-0.2, 0) is 0 Å². The molecule has 19 heavy (non-hydrogen) atoms. The number of nitrogens with zero attached hydrogens (tertiary/aromatic N) is 3. The van der Waals surface area contributed by atoms with E-state index >= 15 is 0 Å². The lowest BCUT2D eigenvalue weighted by Crippen LogP contribution is -2.19. The Morgan fingerprint density at radius 2 is 2.21 bits per heavy atom. The largest absolute Gasteiger partial charge is 0.362 e. The van der Waals surface area contributed by atoms with E-state index in [1.54, 1.807) is 0 Å². The van der Waals surface area contributed by atoms with E-state index in [4.69, 9.17) is 5.84 Å². The van der Waals surface area contributed by atoms with E-state index in [2.05, 4.69) is 27.6 Å². The molecule has 1 aromatic heterocycles. The lowest BCUT2D eigenvalue weighted by Gasteiger charge is -2.14. The quantitative estimate of drug-likeness (QED) is 0.285. The van der Waals surface area contributed by atoms with E-state index in [1.165, 1.54) is 6.33 Å². The maximum atomic E-state index is 11.0. The molecule has 106 valence electrons. The van der Waals surface area contributed by atoms with Gasteiger partial charge in [-0.2, -0.15) is 11.8 Å². The maximum absolute atomic E-state index is 11.0. The van der Waals surface area contributed by atoms with Gasteiger partial charge in [-0.1, -0.05) is 6.92 Å². The second-order valence-electron chi connectivity index (χ2n) is 3.85. The zero-order chi connectivity index (χ0) is 14.3. The van der Waals surface area contributed by atoms with Gasteiger partial charge in [0.25, 0.3) is 0 Å². The van der Waals surface area contributed by atoms with Gasteiger partial charge in [0.1, 0.15) is 6.33 Å². The minimum Gasteiger partial charge on any atom is -0.362 e. The molecule has 0 saturated heterocycles. The summed E-state index contributed by atoms with van der Waals surface area (Å²) < 4.78 is 0. The van der Waals surface area contributed by atoms with Crippen molar-refractivity contribution >= 4 is 29.1 Å². The standard InChI is InChI=1S/C10H18N6O2S/c1-3-19-5-4-7(2)14-9-8(16(17)18)10(15-11)13-6-12-9/h6-7H,3-5,11H2,1-2H3,(H2,12,13,14,15). The molecule has 9 heteroatoms. The maximum Gasteiger partial charge on any atom is 0.354 e. The second kappa shape index (κ2) is 7.74. The van der Waals surface area contributed by atoms with Crippen molar-refractivity contribution in [1.29, 1.82) is 0 Å². The number of aromatic nitrogens is 2. The van der Waals surface area contributed by atoms with Crippen LogP contribution in [-0.4, -0.2) is 32.4 Å². The van der Waals surface area contributed by atoms with Crippen molar-refractivity contribution in [2.45, 2.75) is 26.3 Å². The predicted molar refractivity (Wildman–Crippen MR) is 77.2 cm³/mol. The average molecular weight is 286 g/mol. The van der Waals surface area contributed by atoms with Gasteiger partial charge in [-0.05, 0) is 24.9 Å². The van der Waals surface area contributed by atoms with Gasteiger partial charge in [0, 0.05) is 6.04 Å². The van der Waals surface area contributed by atoms with Crippen molar-refractivity contribution in [3.8, 4) is 0 Å². The van der Waals surface area contributed by atoms with Gasteiger partial charge in [0.2, 0.25) is 11.6 Å². The lowest BCUT2D eigenvalue weighted by atomic mass is 10.2. The normalized spacial score (nSPS) is 11.9. The van der Waals surface area contributed by atoms with Crippen molar-refractivity contribution in [1.82, 2.24) is 9.97 Å². The van der Waals surface area contributed by atoms with Crippen molar-refractivity contribution in [3.63, 3.8) is 0 Å². The van der Waals surface area contributed by atoms with Crippen LogP contribution >= 0.6 is 11.8 Å². The summed E-state index contributed by atoms with van der Waals surface area (Å²) in [7, 11) is 0. The third-order valence-electron chi connectivity index (χ3n) is 2.42. The molecular formula is C10H18N6O2S. The Bertz CT molecular complexity index is 430. The summed E-state index contributed by atoms with van der Waals surface area (Å²) in [6.45, 7) is 4.05. The number of rotatable bonds is 8. The Morgan fingerprint density at radius 3 is 2.79 bits per heavy atom. The molecule has 0 saturated carbocycles. The van der Waals surface area contributed by atoms with Crippen molar-refractivity contribution in [2.75, 3.05) is 22.2 Å². The fourth-order valence-corrected chi connectivity index (χ4v) is 2.28. The monoisotopic (exact) mass is 286 g/mol. The first kappa shape index (κ1) is 15.4. The summed E-state index contributed by atoms with van der Waals surface area (Å²) >= 11 is 1.83. The van der Waals surface area contributed by atoms with E-state index in [9.17, 15) is 10.1 Å². The summed E-state index contributed by atoms with van der Waals surface area (Å²) in [6, 6.07) is 0.0817. The molecule has 1 unspecified atom stereocenters. The van der Waals surface area contributed by atoms with Gasteiger partial charge in [0.15, 0.2) is 0 Å². The molecule has 0 fully saturated rings. The molecule has 0 aliphatic rings. The second-order valence-corrected chi connectivity index (χ2v) is 5.25. The third-order valence-corrected chi connectivity index (χ3v) is 3.36. The molecule has 0 bridgehead atoms. The first-order chi connectivity index (χ1) is 9.10. The summed E-state index contributed by atoms with van der Waals surface area (Å²) in [4.78, 5) is 18.1. The molecular weight excluding hydrogens is 268 g/mol. The highest BCUT2D eigenvalue weighted by atomic mass is 32.2. The Hall–Kier alpha value is -1.61. The fraction of sp³-hybridized carbons (Fsp3) is 0.600. The van der Waals surface area contributed by atoms with E-state index in [0.717, 1.165) is 17.9 Å². The topological polar surface area (TPSA) is 119 Å². The summed E-state index contributed by atoms with van der Waals surface area (Å²) in [5, 5.41) is 14.1. The van der Waals surface area contributed by atoms with Crippen LogP contribution < -0.4 is 16.6 Å². The molecule has 1 atom stereocenters. The number of hydrogen-bond acceptors (Lipinski definition) is 8. The molecule has 0 radical (unpaired) electrons. The van der Waals surface area contributed by atoms with Crippen LogP contribution in [0.4, 0.5) is 17.3 Å². The zero-order valence-electron chi connectivity index (χ0n) is 10.9. The van der Waals surface area contributed by atoms with E-state index in [-0.39, 0.29) is 23.4 Å². The molecule has 4 N–H and O–H groups in total. The molecule has 0 aliphatic heterocycles. The third kappa shape index (κ3) is 4.52. The first-order valence-electron chi connectivity index (χ1n) is 5.90. The van der Waals surface area contributed by atoms with Crippen LogP contribution in [0.3, 0.4) is 0 Å². The number of nitrogens with two attached hydrogens (primary N) is 1. The van der Waals surface area contributed by atoms with Crippen molar-refractivity contribution in [2.24, 2.45) is 5.84 Å². The minimum absolute atomic E-state index is 0.00219. The van der Waals surface area contributed by atoms with Crippen LogP contribution in [0.15, 0.2) is 6.33 Å². The number of thioether (sulfide) groups is 1. The molecule has 1 heterocycles. The number of nitro groups is 1. The highest BCUT2D eigenvalue weighted by Gasteiger charge is 2.23. The van der Waals surface area contributed by atoms with Crippen LogP contribution in [0, 0.1) is 10.1 Å². The van der Waals surface area contributed by atoms with E-state index < -0.39 is 4.92 Å². The van der Waals surface area contributed by atoms with E-state index in [1.807, 2.05) is 18.7 Å². The van der Waals surface area contributed by atoms with Crippen molar-refractivity contribution < 1.29 is 4.92 Å². The van der Waals surface area contributed by atoms with Gasteiger partial charge < -0.3 is 10.7 Å². The Kier molecular flexibility index (Phi) is 6.30. The van der Waals surface area contributed by atoms with Gasteiger partial charge in [0.05, 0.1) is 4.92 Å². The lowest BCUT2D eigenvalue weighted by molar-refractivity contribution is -0.383. The van der Waals surface area contributed by atoms with Gasteiger partial charge in [-0.3, -0.25) is 10.1 Å². The van der Waals surface area contributed by atoms with Crippen LogP contribution in [0.2, 0.25) is 0 Å². The van der Waals surface area contributed by atoms with E-state index in [0.29, 0.717) is 0 Å². The highest BCUT2D eigenvalue weighted by Crippen LogP contribution is 2.28. The Labute approximate surface area is 115 Å². The minimum atomic E-state index is -0.551. The zero-order valence-corrected chi connectivity index (χ0v) is 11.7. The van der Waals surface area contributed by atoms with Crippen LogP contribution in [0.25, 0.3) is 0 Å². The number of hydrazine groups is 1. The smallest absolute Gasteiger partial charge is 0.354 e. The van der Waals surface area contributed by atoms with Gasteiger partial charge in [-0.25, -0.2) is 15.8 Å². The van der Waals surface area contributed by atoms with Crippen LogP contribution in [0.1, 0.15) is 20.3 Å². The molecule has 0 spiro atoms. The summed E-state index contributed by atoms with van der Waals surface area (Å²) in [5.74, 6) is 7.44. The molecule has 0 aromatic carbocycles. The first-order valence-corrected chi connectivity index (χ1v) is 7.05. The Morgan fingerprint density at radius 1 is 1.53 bits per heavy atom. The molecule has 1 rings (SSSR count). The molecule has 0 amide bonds. The Balaban J connectivity index is 2.79. The molecule has 1 aromatic rings. The predicted octanol–water partition coefficient (Wildman–Crippen LogP) is 1.61.